The van der Waals surface area contributed by atoms with E-state index in [-0.39, 0.29) is 11.7 Å². The second-order valence-electron chi connectivity index (χ2n) is 4.46. The van der Waals surface area contributed by atoms with Crippen molar-refractivity contribution >= 4 is 5.78 Å². The first-order chi connectivity index (χ1) is 9.67. The number of benzene rings is 1. The van der Waals surface area contributed by atoms with Gasteiger partial charge >= 0.3 is 0 Å². The number of aromatic nitrogens is 2. The summed E-state index contributed by atoms with van der Waals surface area (Å²) in [5.74, 6) is 1.21. The number of hydrogen-bond donors (Lipinski definition) is 0. The van der Waals surface area contributed by atoms with Gasteiger partial charge in [-0.3, -0.25) is 4.79 Å². The third kappa shape index (κ3) is 2.87. The molecule has 20 heavy (non-hydrogen) atoms. The van der Waals surface area contributed by atoms with Gasteiger partial charge in [0.1, 0.15) is 11.5 Å². The lowest BCUT2D eigenvalue weighted by molar-refractivity contribution is -0.119. The van der Waals surface area contributed by atoms with Crippen LogP contribution < -0.4 is 4.74 Å². The third-order valence-corrected chi connectivity index (χ3v) is 3.07. The summed E-state index contributed by atoms with van der Waals surface area (Å²) in [6.45, 7) is 5.93. The van der Waals surface area contributed by atoms with E-state index in [0.717, 1.165) is 5.56 Å². The second kappa shape index (κ2) is 6.32. The Balaban J connectivity index is 2.36. The van der Waals surface area contributed by atoms with Crippen molar-refractivity contribution < 1.29 is 14.1 Å². The van der Waals surface area contributed by atoms with E-state index in [9.17, 15) is 4.79 Å². The number of hydrogen-bond acceptors (Lipinski definition) is 5. The predicted molar refractivity (Wildman–Crippen MR) is 74.6 cm³/mol. The minimum absolute atomic E-state index is 0.0285. The molecular formula is C15H18N2O3. The normalized spacial score (nSPS) is 12.2. The predicted octanol–water partition coefficient (Wildman–Crippen LogP) is 3.22. The lowest BCUT2D eigenvalue weighted by atomic mass is 10.0. The van der Waals surface area contributed by atoms with Crippen molar-refractivity contribution in [1.82, 2.24) is 10.1 Å². The molecule has 0 fully saturated rings. The highest BCUT2D eigenvalue weighted by Crippen LogP contribution is 2.29. The van der Waals surface area contributed by atoms with Gasteiger partial charge in [0, 0.05) is 0 Å². The number of carbonyl (C=O) groups excluding carboxylic acids is 1. The van der Waals surface area contributed by atoms with Gasteiger partial charge in [0.2, 0.25) is 11.7 Å². The van der Waals surface area contributed by atoms with Gasteiger partial charge in [0.15, 0.2) is 0 Å². The van der Waals surface area contributed by atoms with E-state index in [1.54, 1.807) is 0 Å². The van der Waals surface area contributed by atoms with Crippen LogP contribution in [-0.4, -0.2) is 22.5 Å². The van der Waals surface area contributed by atoms with Gasteiger partial charge in [-0.15, -0.1) is 0 Å². The molecule has 5 heteroatoms. The maximum atomic E-state index is 11.5. The topological polar surface area (TPSA) is 65.2 Å². The molecule has 1 unspecified atom stereocenters. The van der Waals surface area contributed by atoms with E-state index in [4.69, 9.17) is 9.26 Å². The Kier molecular flexibility index (Phi) is 4.50. The Morgan fingerprint density at radius 1 is 1.35 bits per heavy atom. The molecule has 0 N–H and O–H groups in total. The molecule has 1 heterocycles. The van der Waals surface area contributed by atoms with Gasteiger partial charge in [-0.25, -0.2) is 0 Å². The van der Waals surface area contributed by atoms with E-state index in [1.807, 2.05) is 38.1 Å². The van der Waals surface area contributed by atoms with Crippen LogP contribution in [0.2, 0.25) is 0 Å². The first kappa shape index (κ1) is 14.2. The summed E-state index contributed by atoms with van der Waals surface area (Å²) in [7, 11) is 0. The van der Waals surface area contributed by atoms with E-state index < -0.39 is 0 Å². The Morgan fingerprint density at radius 3 is 2.75 bits per heavy atom. The Labute approximate surface area is 118 Å². The quantitative estimate of drug-likeness (QED) is 0.809. The van der Waals surface area contributed by atoms with Gasteiger partial charge in [-0.05, 0) is 32.4 Å². The molecule has 0 bridgehead atoms. The maximum absolute atomic E-state index is 11.5. The van der Waals surface area contributed by atoms with Crippen LogP contribution in [0.25, 0.3) is 11.4 Å². The maximum Gasteiger partial charge on any atom is 0.237 e. The lowest BCUT2D eigenvalue weighted by Crippen LogP contribution is -2.07. The third-order valence-electron chi connectivity index (χ3n) is 3.07. The molecule has 0 aliphatic carbocycles. The zero-order valence-electron chi connectivity index (χ0n) is 11.9. The number of para-hydroxylation sites is 1. The fourth-order valence-electron chi connectivity index (χ4n) is 2.05. The molecule has 1 aromatic heterocycles. The number of nitrogens with zero attached hydrogens (tertiary/aromatic N) is 2. The summed E-state index contributed by atoms with van der Waals surface area (Å²) in [6.07, 6.45) is 0.643. The van der Waals surface area contributed by atoms with Crippen molar-refractivity contribution in [1.29, 1.82) is 0 Å². The molecule has 5 nitrogen and oxygen atoms in total. The summed E-state index contributed by atoms with van der Waals surface area (Å²) < 4.78 is 10.8. The SMILES string of the molecule is CCOc1ccccc1-c1noc(C(CC)C(C)=O)n1. The van der Waals surface area contributed by atoms with Gasteiger partial charge < -0.3 is 9.26 Å². The molecule has 1 atom stereocenters. The fourth-order valence-corrected chi connectivity index (χ4v) is 2.05. The van der Waals surface area contributed by atoms with Crippen LogP contribution in [0.3, 0.4) is 0 Å². The Hall–Kier alpha value is -2.17. The van der Waals surface area contributed by atoms with E-state index in [2.05, 4.69) is 10.1 Å². The molecule has 0 spiro atoms. The van der Waals surface area contributed by atoms with Crippen LogP contribution in [0.5, 0.6) is 5.75 Å². The van der Waals surface area contributed by atoms with E-state index >= 15 is 0 Å². The van der Waals surface area contributed by atoms with Crippen LogP contribution in [0.4, 0.5) is 0 Å². The smallest absolute Gasteiger partial charge is 0.237 e. The van der Waals surface area contributed by atoms with Gasteiger partial charge in [0.25, 0.3) is 0 Å². The summed E-state index contributed by atoms with van der Waals surface area (Å²) in [4.78, 5) is 15.9. The number of rotatable bonds is 6. The summed E-state index contributed by atoms with van der Waals surface area (Å²) in [5.41, 5.74) is 0.766. The van der Waals surface area contributed by atoms with Crippen molar-refractivity contribution in [2.24, 2.45) is 0 Å². The Bertz CT molecular complexity index is 592. The highest BCUT2D eigenvalue weighted by molar-refractivity contribution is 5.82. The average molecular weight is 274 g/mol. The van der Waals surface area contributed by atoms with Gasteiger partial charge in [-0.1, -0.05) is 24.2 Å². The Morgan fingerprint density at radius 2 is 2.10 bits per heavy atom. The molecule has 0 amide bonds. The monoisotopic (exact) mass is 274 g/mol. The summed E-state index contributed by atoms with van der Waals surface area (Å²) in [5, 5.41) is 3.96. The number of ether oxygens (including phenoxy) is 1. The molecule has 0 aliphatic heterocycles. The highest BCUT2D eigenvalue weighted by Gasteiger charge is 2.22. The minimum Gasteiger partial charge on any atom is -0.493 e. The van der Waals surface area contributed by atoms with Crippen LogP contribution in [0.15, 0.2) is 28.8 Å². The fraction of sp³-hybridized carbons (Fsp3) is 0.400. The van der Waals surface area contributed by atoms with Crippen LogP contribution >= 0.6 is 0 Å². The van der Waals surface area contributed by atoms with Gasteiger partial charge in [0.05, 0.1) is 18.1 Å². The zero-order chi connectivity index (χ0) is 14.5. The molecule has 1 aromatic carbocycles. The van der Waals surface area contributed by atoms with Crippen LogP contribution in [0, 0.1) is 0 Å². The van der Waals surface area contributed by atoms with Crippen molar-refractivity contribution in [2.45, 2.75) is 33.1 Å². The molecule has 2 aromatic rings. The van der Waals surface area contributed by atoms with E-state index in [0.29, 0.717) is 30.5 Å². The molecule has 2 rings (SSSR count). The largest absolute Gasteiger partial charge is 0.493 e. The standard InChI is InChI=1S/C15H18N2O3/c1-4-11(10(3)18)15-16-14(17-20-15)12-8-6-7-9-13(12)19-5-2/h6-9,11H,4-5H2,1-3H3. The molecule has 0 saturated heterocycles. The van der Waals surface area contributed by atoms with Crippen molar-refractivity contribution in [2.75, 3.05) is 6.61 Å². The molecular weight excluding hydrogens is 256 g/mol. The van der Waals surface area contributed by atoms with Crippen LogP contribution in [-0.2, 0) is 4.79 Å². The zero-order valence-corrected chi connectivity index (χ0v) is 11.9. The van der Waals surface area contributed by atoms with Crippen LogP contribution in [0.1, 0.15) is 39.0 Å². The average Bonchev–Trinajstić information content (AvgIpc) is 2.89. The number of Topliss-reactive ketones (excluding diaryl/α,β-unsaturated/α-hetero) is 1. The minimum atomic E-state index is -0.337. The summed E-state index contributed by atoms with van der Waals surface area (Å²) >= 11 is 0. The first-order valence-electron chi connectivity index (χ1n) is 6.73. The van der Waals surface area contributed by atoms with Crippen molar-refractivity contribution in [3.63, 3.8) is 0 Å². The highest BCUT2D eigenvalue weighted by atomic mass is 16.5. The van der Waals surface area contributed by atoms with E-state index in [1.165, 1.54) is 6.92 Å². The molecule has 0 radical (unpaired) electrons. The molecule has 0 saturated carbocycles. The number of carbonyl (C=O) groups is 1. The molecule has 106 valence electrons. The van der Waals surface area contributed by atoms with Crippen molar-refractivity contribution in [3.05, 3.63) is 30.2 Å². The van der Waals surface area contributed by atoms with Crippen molar-refractivity contribution in [3.8, 4) is 17.1 Å². The lowest BCUT2D eigenvalue weighted by Gasteiger charge is -2.06. The summed E-state index contributed by atoms with van der Waals surface area (Å²) in [6, 6.07) is 7.50. The number of ketones is 1. The second-order valence-corrected chi connectivity index (χ2v) is 4.46. The molecule has 0 aliphatic rings. The first-order valence-corrected chi connectivity index (χ1v) is 6.73. The van der Waals surface area contributed by atoms with Gasteiger partial charge in [-0.2, -0.15) is 4.98 Å².